The van der Waals surface area contributed by atoms with Crippen LogP contribution in [0.15, 0.2) is 71.9 Å². The summed E-state index contributed by atoms with van der Waals surface area (Å²) in [5.41, 5.74) is 5.48. The molecule has 2 heterocycles. The second-order valence-corrected chi connectivity index (χ2v) is 8.86. The third-order valence-electron chi connectivity index (χ3n) is 5.73. The number of hydrazine groups is 1. The average molecular weight is 575 g/mol. The first-order chi connectivity index (χ1) is 19.6. The number of benzene rings is 1. The summed E-state index contributed by atoms with van der Waals surface area (Å²) < 4.78 is 39.9. The smallest absolute Gasteiger partial charge is 0.393 e. The molecule has 0 saturated heterocycles. The van der Waals surface area contributed by atoms with Crippen LogP contribution in [0.3, 0.4) is 0 Å². The van der Waals surface area contributed by atoms with Gasteiger partial charge in [0.1, 0.15) is 12.2 Å². The number of nitrogens with zero attached hydrogens (tertiary/aromatic N) is 6. The number of rotatable bonds is 14. The number of nitrogens with one attached hydrogen (secondary N) is 2. The van der Waals surface area contributed by atoms with Gasteiger partial charge in [0.15, 0.2) is 5.69 Å². The number of pyridine rings is 1. The minimum Gasteiger partial charge on any atom is -0.393 e. The standard InChI is InChI=1S/C25H29F3N10O3/c26-25(27,28)18-8-9-31-19(12-18)13-32-23(39)20(29)15-37(30)10-4-5-11-38-16-22(35-36-38)24(40)34-21(14-33-41)17-6-2-1-3-7-17/h1-3,6-9,12,15-16,21H,4-5,10-11,13-14,29-30H2,(H,32,39)(H,34,40)/b20-15-. The summed E-state index contributed by atoms with van der Waals surface area (Å²) in [4.78, 5) is 39.4. The van der Waals surface area contributed by atoms with Crippen molar-refractivity contribution < 1.29 is 22.8 Å². The number of nitroso groups, excluding NO2 is 1. The van der Waals surface area contributed by atoms with Gasteiger partial charge in [-0.25, -0.2) is 5.84 Å². The van der Waals surface area contributed by atoms with E-state index in [1.807, 2.05) is 6.07 Å². The summed E-state index contributed by atoms with van der Waals surface area (Å²) in [6.07, 6.45) is 0.347. The fraction of sp³-hybridized carbons (Fsp3) is 0.320. The van der Waals surface area contributed by atoms with E-state index in [1.165, 1.54) is 22.1 Å². The van der Waals surface area contributed by atoms with Crippen LogP contribution in [0.4, 0.5) is 13.2 Å². The Morgan fingerprint density at radius 3 is 2.63 bits per heavy atom. The van der Waals surface area contributed by atoms with E-state index in [-0.39, 0.29) is 30.2 Å². The van der Waals surface area contributed by atoms with Crippen molar-refractivity contribution in [3.8, 4) is 0 Å². The summed E-state index contributed by atoms with van der Waals surface area (Å²) in [5.74, 6) is 4.66. The number of aryl methyl sites for hydroxylation is 1. The maximum atomic E-state index is 12.8. The number of alkyl halides is 3. The zero-order chi connectivity index (χ0) is 29.8. The maximum Gasteiger partial charge on any atom is 0.416 e. The van der Waals surface area contributed by atoms with Gasteiger partial charge in [-0.3, -0.25) is 19.3 Å². The minimum atomic E-state index is -4.52. The first-order valence-corrected chi connectivity index (χ1v) is 12.4. The third kappa shape index (κ3) is 9.68. The van der Waals surface area contributed by atoms with E-state index < -0.39 is 29.6 Å². The molecule has 0 aliphatic carbocycles. The lowest BCUT2D eigenvalue weighted by molar-refractivity contribution is -0.137. The Kier molecular flexibility index (Phi) is 10.9. The minimum absolute atomic E-state index is 0.0216. The molecule has 2 amide bonds. The van der Waals surface area contributed by atoms with Gasteiger partial charge in [0.2, 0.25) is 0 Å². The normalized spacial score (nSPS) is 12.4. The van der Waals surface area contributed by atoms with E-state index in [9.17, 15) is 27.7 Å². The highest BCUT2D eigenvalue weighted by Crippen LogP contribution is 2.28. The molecule has 0 saturated carbocycles. The van der Waals surface area contributed by atoms with Crippen molar-refractivity contribution in [1.29, 1.82) is 0 Å². The van der Waals surface area contributed by atoms with Crippen molar-refractivity contribution in [2.24, 2.45) is 16.8 Å². The number of unbranched alkanes of at least 4 members (excludes halogenated alkanes) is 1. The number of halogens is 3. The Labute approximate surface area is 232 Å². The summed E-state index contributed by atoms with van der Waals surface area (Å²) in [7, 11) is 0. The Morgan fingerprint density at radius 1 is 1.17 bits per heavy atom. The lowest BCUT2D eigenvalue weighted by Gasteiger charge is -2.15. The van der Waals surface area contributed by atoms with Gasteiger partial charge in [-0.1, -0.05) is 40.7 Å². The van der Waals surface area contributed by atoms with Crippen LogP contribution < -0.4 is 22.2 Å². The molecule has 13 nitrogen and oxygen atoms in total. The first kappa shape index (κ1) is 30.7. The number of aromatic nitrogens is 4. The Bertz CT molecular complexity index is 1350. The molecule has 0 bridgehead atoms. The summed E-state index contributed by atoms with van der Waals surface area (Å²) in [5, 5.41) is 17.0. The van der Waals surface area contributed by atoms with Crippen LogP contribution in [-0.2, 0) is 24.1 Å². The van der Waals surface area contributed by atoms with Crippen LogP contribution in [0, 0.1) is 4.91 Å². The van der Waals surface area contributed by atoms with Crippen LogP contribution in [-0.4, -0.2) is 49.9 Å². The molecule has 1 atom stereocenters. The molecule has 0 fully saturated rings. The predicted molar refractivity (Wildman–Crippen MR) is 141 cm³/mol. The number of hydrogen-bond acceptors (Lipinski definition) is 10. The van der Waals surface area contributed by atoms with Gasteiger partial charge in [-0.15, -0.1) is 5.10 Å². The maximum absolute atomic E-state index is 12.8. The highest BCUT2D eigenvalue weighted by molar-refractivity contribution is 5.92. The number of amides is 2. The molecule has 218 valence electrons. The van der Waals surface area contributed by atoms with Crippen molar-refractivity contribution in [2.45, 2.75) is 38.1 Å². The van der Waals surface area contributed by atoms with E-state index in [1.54, 1.807) is 24.3 Å². The monoisotopic (exact) mass is 574 g/mol. The number of carbonyl (C=O) groups excluding carboxylic acids is 2. The molecule has 3 aromatic rings. The zero-order valence-corrected chi connectivity index (χ0v) is 21.8. The molecule has 16 heteroatoms. The molecule has 2 aromatic heterocycles. The summed E-state index contributed by atoms with van der Waals surface area (Å²) >= 11 is 0. The summed E-state index contributed by atoms with van der Waals surface area (Å²) in [6.45, 7) is 0.367. The lowest BCUT2D eigenvalue weighted by Crippen LogP contribution is -2.33. The van der Waals surface area contributed by atoms with Gasteiger partial charge in [0, 0.05) is 25.5 Å². The second kappa shape index (κ2) is 14.5. The van der Waals surface area contributed by atoms with Gasteiger partial charge < -0.3 is 21.4 Å². The molecule has 0 aliphatic rings. The van der Waals surface area contributed by atoms with Gasteiger partial charge in [-0.2, -0.15) is 18.1 Å². The Morgan fingerprint density at radius 2 is 1.93 bits per heavy atom. The van der Waals surface area contributed by atoms with Crippen LogP contribution in [0.25, 0.3) is 0 Å². The molecule has 1 unspecified atom stereocenters. The van der Waals surface area contributed by atoms with Crippen molar-refractivity contribution in [3.63, 3.8) is 0 Å². The molecule has 0 radical (unpaired) electrons. The van der Waals surface area contributed by atoms with Crippen molar-refractivity contribution >= 4 is 11.8 Å². The zero-order valence-electron chi connectivity index (χ0n) is 21.8. The van der Waals surface area contributed by atoms with Crippen LogP contribution in [0.5, 0.6) is 0 Å². The molecular formula is C25H29F3N10O3. The quantitative estimate of drug-likeness (QED) is 0.0734. The second-order valence-electron chi connectivity index (χ2n) is 8.86. The van der Waals surface area contributed by atoms with E-state index in [2.05, 4.69) is 31.1 Å². The third-order valence-corrected chi connectivity index (χ3v) is 5.73. The number of nitrogens with two attached hydrogens (primary N) is 2. The lowest BCUT2D eigenvalue weighted by atomic mass is 10.1. The van der Waals surface area contributed by atoms with Crippen LogP contribution >= 0.6 is 0 Å². The van der Waals surface area contributed by atoms with Gasteiger partial charge in [0.05, 0.1) is 30.0 Å². The van der Waals surface area contributed by atoms with Crippen molar-refractivity contribution in [1.82, 2.24) is 35.6 Å². The molecule has 3 rings (SSSR count). The highest BCUT2D eigenvalue weighted by Gasteiger charge is 2.30. The number of hydrogen-bond donors (Lipinski definition) is 4. The van der Waals surface area contributed by atoms with Crippen molar-refractivity contribution in [2.75, 3.05) is 13.1 Å². The summed E-state index contributed by atoms with van der Waals surface area (Å²) in [6, 6.07) is 10.0. The average Bonchev–Trinajstić information content (AvgIpc) is 3.43. The molecule has 0 spiro atoms. The SMILES string of the molecule is N/C(=C\N(N)CCCCn1cc(C(=O)NC(CN=O)c2ccccc2)nn1)C(=O)NCc1cc(C(F)(F)F)ccn1. The molecule has 0 aliphatic heterocycles. The Hall–Kier alpha value is -4.86. The predicted octanol–water partition coefficient (Wildman–Crippen LogP) is 2.00. The van der Waals surface area contributed by atoms with E-state index >= 15 is 0 Å². The fourth-order valence-electron chi connectivity index (χ4n) is 3.63. The van der Waals surface area contributed by atoms with Gasteiger partial charge >= 0.3 is 6.18 Å². The fourth-order valence-corrected chi connectivity index (χ4v) is 3.63. The first-order valence-electron chi connectivity index (χ1n) is 12.4. The molecule has 1 aromatic carbocycles. The Balaban J connectivity index is 1.41. The largest absolute Gasteiger partial charge is 0.416 e. The van der Waals surface area contributed by atoms with Crippen LogP contribution in [0.1, 0.15) is 46.2 Å². The van der Waals surface area contributed by atoms with Crippen molar-refractivity contribution in [3.05, 3.63) is 94.2 Å². The van der Waals surface area contributed by atoms with Gasteiger partial charge in [-0.05, 0) is 30.5 Å². The number of carbonyl (C=O) groups is 2. The van der Waals surface area contributed by atoms with Gasteiger partial charge in [0.25, 0.3) is 11.8 Å². The van der Waals surface area contributed by atoms with E-state index in [4.69, 9.17) is 11.6 Å². The molecule has 6 N–H and O–H groups in total. The van der Waals surface area contributed by atoms with E-state index in [0.29, 0.717) is 25.9 Å². The van der Waals surface area contributed by atoms with E-state index in [0.717, 1.165) is 23.9 Å². The molecular weight excluding hydrogens is 545 g/mol. The molecule has 41 heavy (non-hydrogen) atoms. The highest BCUT2D eigenvalue weighted by atomic mass is 19.4. The van der Waals surface area contributed by atoms with Crippen LogP contribution in [0.2, 0.25) is 0 Å². The topological polar surface area (TPSA) is 187 Å².